The average molecular weight is 981 g/mol. The Kier molecular flexibility index (Phi) is 13.9. The number of halogens is 20. The molecule has 1 heterocycles. The Hall–Kier alpha value is -7.53. The fraction of sp³-hybridized carbons (Fsp3) is 0.0227. The zero-order valence-electron chi connectivity index (χ0n) is 32.7. The van der Waals surface area contributed by atoms with Gasteiger partial charge in [-0.1, -0.05) is 54.6 Å². The summed E-state index contributed by atoms with van der Waals surface area (Å²) in [5.74, 6) is -71.5. The zero-order chi connectivity index (χ0) is 50.4. The average Bonchev–Trinajstić information content (AvgIpc) is 3.34. The molecule has 0 N–H and O–H groups in total. The maximum absolute atomic E-state index is 15.4. The molecule has 0 saturated carbocycles. The van der Waals surface area contributed by atoms with Crippen LogP contribution < -0.4 is 26.4 Å². The highest BCUT2D eigenvalue weighted by Gasteiger charge is 2.52. The normalized spacial score (nSPS) is 11.4. The third kappa shape index (κ3) is 8.09. The van der Waals surface area contributed by atoms with Crippen molar-refractivity contribution in [2.75, 3.05) is 0 Å². The molecule has 24 heteroatoms. The van der Waals surface area contributed by atoms with Crippen molar-refractivity contribution < 1.29 is 102 Å². The van der Waals surface area contributed by atoms with Gasteiger partial charge in [-0.3, -0.25) is 9.59 Å². The van der Waals surface area contributed by atoms with Gasteiger partial charge < -0.3 is 0 Å². The first-order valence-electron chi connectivity index (χ1n) is 18.3. The van der Waals surface area contributed by atoms with E-state index in [-0.39, 0.29) is 18.1 Å². The first-order valence-corrected chi connectivity index (χ1v) is 18.3. The molecule has 0 unspecified atom stereocenters. The Bertz CT molecular complexity index is 2810. The van der Waals surface area contributed by atoms with E-state index in [9.17, 15) is 62.3 Å². The monoisotopic (exact) mass is 981 g/mol. The van der Waals surface area contributed by atoms with Crippen molar-refractivity contribution >= 4 is 39.6 Å². The van der Waals surface area contributed by atoms with Crippen LogP contribution in [0.5, 0.6) is 0 Å². The molecule has 68 heavy (non-hydrogen) atoms. The number of carbonyl (C=O) groups excluding carboxylic acids is 2. The fourth-order valence-electron chi connectivity index (χ4n) is 7.26. The van der Waals surface area contributed by atoms with Gasteiger partial charge in [-0.15, -0.1) is 21.9 Å². The molecule has 0 amide bonds. The van der Waals surface area contributed by atoms with Crippen LogP contribution in [0.25, 0.3) is 0 Å². The molecule has 0 aliphatic heterocycles. The van der Waals surface area contributed by atoms with E-state index < -0.39 is 144 Å². The van der Waals surface area contributed by atoms with Gasteiger partial charge in [0, 0.05) is 28.8 Å². The number of ketones is 2. The van der Waals surface area contributed by atoms with Gasteiger partial charge in [0.05, 0.1) is 0 Å². The Labute approximate surface area is 366 Å². The minimum atomic E-state index is -7.22. The van der Waals surface area contributed by atoms with Crippen LogP contribution in [0.4, 0.5) is 87.8 Å². The molecule has 3 nitrogen and oxygen atoms in total. The lowest BCUT2D eigenvalue weighted by Crippen LogP contribution is -2.81. The maximum atomic E-state index is 15.4. The van der Waals surface area contributed by atoms with Gasteiger partial charge in [0.1, 0.15) is 52.7 Å². The third-order valence-electron chi connectivity index (χ3n) is 10.3. The maximum Gasteiger partial charge on any atom is 0.227 e. The Balaban J connectivity index is 0.000000276. The van der Waals surface area contributed by atoms with E-state index in [1.807, 2.05) is 53.4 Å². The highest BCUT2D eigenvalue weighted by molar-refractivity contribution is 7.20. The minimum absolute atomic E-state index is 0.0242. The van der Waals surface area contributed by atoms with Gasteiger partial charge in [0.2, 0.25) is 12.3 Å². The number of nitrogens with zero attached hydrogens (tertiary/aromatic N) is 1. The summed E-state index contributed by atoms with van der Waals surface area (Å²) in [7, 11) is 0. The molecule has 0 radical (unpaired) electrons. The highest BCUT2D eigenvalue weighted by atomic mass is 19.2. The number of carbonyl (C=O) groups is 2. The summed E-state index contributed by atoms with van der Waals surface area (Å²) in [6, 6.07) is 21.6. The molecule has 6 aromatic carbocycles. The van der Waals surface area contributed by atoms with Gasteiger partial charge in [-0.05, 0) is 6.07 Å². The lowest BCUT2D eigenvalue weighted by Gasteiger charge is -2.44. The predicted molar refractivity (Wildman–Crippen MR) is 197 cm³/mol. The number of Topliss-reactive ketones (excluding diaryl/α,β-unsaturated/α-hetero) is 1. The number of hydrogen-bond acceptors (Lipinski definition) is 2. The minimum Gasteiger partial charge on any atom is -0.289 e. The molecule has 0 aliphatic rings. The smallest absolute Gasteiger partial charge is 0.227 e. The zero-order valence-corrected chi connectivity index (χ0v) is 32.7. The summed E-state index contributed by atoms with van der Waals surface area (Å²) in [5, 5.41) is 0. The molecular weight excluding hydrogens is 965 g/mol. The second-order valence-electron chi connectivity index (χ2n) is 14.0. The predicted octanol–water partition coefficient (Wildman–Crippen LogP) is 8.93. The molecule has 0 atom stereocenters. The van der Waals surface area contributed by atoms with Crippen molar-refractivity contribution in [3.05, 3.63) is 218 Å². The van der Waals surface area contributed by atoms with Gasteiger partial charge in [-0.2, -0.15) is 4.57 Å². The number of aromatic nitrogens is 1. The van der Waals surface area contributed by atoms with Gasteiger partial charge >= 0.3 is 0 Å². The van der Waals surface area contributed by atoms with Crippen molar-refractivity contribution in [1.82, 2.24) is 0 Å². The van der Waals surface area contributed by atoms with Crippen LogP contribution in [0, 0.1) is 116 Å². The largest absolute Gasteiger partial charge is 0.289 e. The molecule has 0 bridgehead atoms. The van der Waals surface area contributed by atoms with Crippen LogP contribution in [0.1, 0.15) is 26.3 Å². The SMILES string of the molecule is Fc1c(F)c(F)c([B-](c2c(F)c(F)c(F)c(F)c2F)(c2c(F)c(F)c(F)c(F)c2F)c2c(F)c(F)c(F)c(F)c2F)c(F)c1F.O=C(C[n+]1ccccc1)c1cccc(C(=O)c2ccccc2)c1. The first kappa shape index (κ1) is 49.9. The van der Waals surface area contributed by atoms with Crippen molar-refractivity contribution in [3.8, 4) is 0 Å². The molecule has 0 fully saturated rings. The van der Waals surface area contributed by atoms with Crippen LogP contribution in [-0.2, 0) is 6.54 Å². The fourth-order valence-corrected chi connectivity index (χ4v) is 7.26. The van der Waals surface area contributed by atoms with E-state index in [0.29, 0.717) is 16.7 Å². The number of benzene rings is 6. The summed E-state index contributed by atoms with van der Waals surface area (Å²) >= 11 is 0. The number of hydrogen-bond donors (Lipinski definition) is 0. The van der Waals surface area contributed by atoms with E-state index >= 15 is 35.1 Å². The summed E-state index contributed by atoms with van der Waals surface area (Å²) < 4.78 is 296. The molecule has 1 aromatic heterocycles. The van der Waals surface area contributed by atoms with Crippen molar-refractivity contribution in [3.63, 3.8) is 0 Å². The molecule has 0 saturated heterocycles. The van der Waals surface area contributed by atoms with E-state index in [1.165, 1.54) is 0 Å². The second-order valence-corrected chi connectivity index (χ2v) is 14.0. The first-order chi connectivity index (χ1) is 31.9. The molecule has 0 spiro atoms. The Morgan fingerprint density at radius 2 is 0.588 bits per heavy atom. The van der Waals surface area contributed by atoms with Gasteiger partial charge in [0.15, 0.2) is 88.0 Å². The summed E-state index contributed by atoms with van der Waals surface area (Å²) in [6.45, 7) is 0.254. The number of pyridine rings is 1. The quantitative estimate of drug-likeness (QED) is 0.0362. The van der Waals surface area contributed by atoms with Gasteiger partial charge in [-0.25, -0.2) is 87.8 Å². The van der Waals surface area contributed by atoms with Gasteiger partial charge in [0.25, 0.3) is 0 Å². The van der Waals surface area contributed by atoms with Crippen LogP contribution >= 0.6 is 0 Å². The lowest BCUT2D eigenvalue weighted by atomic mass is 9.12. The number of rotatable bonds is 9. The molecule has 352 valence electrons. The third-order valence-corrected chi connectivity index (χ3v) is 10.3. The van der Waals surface area contributed by atoms with E-state index in [1.54, 1.807) is 36.4 Å². The lowest BCUT2D eigenvalue weighted by molar-refractivity contribution is -0.683. The van der Waals surface area contributed by atoms with Crippen molar-refractivity contribution in [1.29, 1.82) is 0 Å². The Morgan fingerprint density at radius 3 is 0.912 bits per heavy atom. The van der Waals surface area contributed by atoms with E-state index in [4.69, 9.17) is 0 Å². The summed E-state index contributed by atoms with van der Waals surface area (Å²) in [5.41, 5.74) is -12.6. The topological polar surface area (TPSA) is 38.0 Å². The van der Waals surface area contributed by atoms with E-state index in [0.717, 1.165) is 0 Å². The molecular formula is C44H16BF20NO2. The standard InChI is InChI=1S/C24BF20.C20H16NO2/c26-5-1(6(27)14(35)21(42)13(5)34)25(2-7(28)15(36)22(43)16(37)8(2)29,3-9(30)17(38)23(44)18(39)10(3)31)4-11(32)19(40)24(45)20(41)12(4)33;22-19(15-21-12-5-2-6-13-21)17-10-7-11-18(14-17)20(23)16-8-3-1-4-9-16/h;1-14H,15H2/q-1;+1. The van der Waals surface area contributed by atoms with Crippen LogP contribution in [0.15, 0.2) is 85.2 Å². The molecule has 7 aromatic rings. The van der Waals surface area contributed by atoms with Crippen LogP contribution in [-0.4, -0.2) is 17.7 Å². The Morgan fingerprint density at radius 1 is 0.324 bits per heavy atom. The molecule has 7 rings (SSSR count). The molecule has 0 aliphatic carbocycles. The van der Waals surface area contributed by atoms with Crippen molar-refractivity contribution in [2.45, 2.75) is 6.54 Å². The van der Waals surface area contributed by atoms with Crippen LogP contribution in [0.2, 0.25) is 0 Å². The van der Waals surface area contributed by atoms with Crippen molar-refractivity contribution in [2.24, 2.45) is 0 Å². The van der Waals surface area contributed by atoms with Crippen LogP contribution in [0.3, 0.4) is 0 Å². The summed E-state index contributed by atoms with van der Waals surface area (Å²) in [6.07, 6.45) is -3.53. The van der Waals surface area contributed by atoms with E-state index in [2.05, 4.69) is 0 Å². The summed E-state index contributed by atoms with van der Waals surface area (Å²) in [4.78, 5) is 24.9. The second kappa shape index (κ2) is 19.0. The highest BCUT2D eigenvalue weighted by Crippen LogP contribution is 2.31.